The topological polar surface area (TPSA) is 48.4 Å². The Morgan fingerprint density at radius 2 is 2.00 bits per heavy atom. The van der Waals surface area contributed by atoms with E-state index in [1.807, 2.05) is 24.3 Å². The number of hydrogen-bond donors (Lipinski definition) is 1. The summed E-state index contributed by atoms with van der Waals surface area (Å²) in [4.78, 5) is 0. The number of para-hydroxylation sites is 1. The number of ether oxygens (including phenoxy) is 1. The lowest BCUT2D eigenvalue weighted by Gasteiger charge is -2.06. The van der Waals surface area contributed by atoms with Crippen molar-refractivity contribution in [3.63, 3.8) is 0 Å². The van der Waals surface area contributed by atoms with E-state index in [1.54, 1.807) is 6.07 Å². The molecule has 2 N–H and O–H groups in total. The summed E-state index contributed by atoms with van der Waals surface area (Å²) in [7, 11) is 0. The SMILES string of the molecule is NCc1c(COc2ccc(Cl)c(F)c2)oc2ccccc12. The third-order valence-electron chi connectivity index (χ3n) is 3.25. The Bertz CT molecular complexity index is 785. The summed E-state index contributed by atoms with van der Waals surface area (Å²) in [6, 6.07) is 12.0. The van der Waals surface area contributed by atoms with Crippen LogP contribution >= 0.6 is 11.6 Å². The number of halogens is 2. The zero-order valence-corrected chi connectivity index (χ0v) is 11.9. The number of hydrogen-bond acceptors (Lipinski definition) is 3. The quantitative estimate of drug-likeness (QED) is 0.783. The van der Waals surface area contributed by atoms with E-state index in [0.717, 1.165) is 16.5 Å². The van der Waals surface area contributed by atoms with E-state index < -0.39 is 5.82 Å². The van der Waals surface area contributed by atoms with Gasteiger partial charge < -0.3 is 14.9 Å². The Hall–Kier alpha value is -2.04. The minimum atomic E-state index is -0.516. The molecule has 2 aromatic carbocycles. The minimum Gasteiger partial charge on any atom is -0.486 e. The molecule has 0 fully saturated rings. The molecule has 1 heterocycles. The lowest BCUT2D eigenvalue weighted by molar-refractivity contribution is 0.271. The van der Waals surface area contributed by atoms with Gasteiger partial charge in [0.15, 0.2) is 0 Å². The van der Waals surface area contributed by atoms with Gasteiger partial charge in [-0.1, -0.05) is 29.8 Å². The van der Waals surface area contributed by atoms with Gasteiger partial charge in [0.25, 0.3) is 0 Å². The highest BCUT2D eigenvalue weighted by Crippen LogP contribution is 2.27. The molecule has 0 aliphatic carbocycles. The highest BCUT2D eigenvalue weighted by Gasteiger charge is 2.13. The first kappa shape index (κ1) is 13.9. The molecule has 3 nitrogen and oxygen atoms in total. The fourth-order valence-electron chi connectivity index (χ4n) is 2.21. The fourth-order valence-corrected chi connectivity index (χ4v) is 2.32. The van der Waals surface area contributed by atoms with Crippen LogP contribution in [-0.2, 0) is 13.2 Å². The second kappa shape index (κ2) is 5.76. The Balaban J connectivity index is 1.86. The second-order valence-electron chi connectivity index (χ2n) is 4.57. The summed E-state index contributed by atoms with van der Waals surface area (Å²) >= 11 is 5.63. The van der Waals surface area contributed by atoms with Gasteiger partial charge in [-0.25, -0.2) is 4.39 Å². The predicted molar refractivity (Wildman–Crippen MR) is 79.8 cm³/mol. The number of fused-ring (bicyclic) bond motifs is 1. The molecule has 0 aliphatic heterocycles. The maximum Gasteiger partial charge on any atom is 0.147 e. The van der Waals surface area contributed by atoms with E-state index in [2.05, 4.69) is 0 Å². The lowest BCUT2D eigenvalue weighted by Crippen LogP contribution is -2.02. The van der Waals surface area contributed by atoms with Gasteiger partial charge in [-0.15, -0.1) is 0 Å². The number of benzene rings is 2. The Kier molecular flexibility index (Phi) is 3.82. The molecule has 3 aromatic rings. The molecule has 3 rings (SSSR count). The van der Waals surface area contributed by atoms with Crippen molar-refractivity contribution in [1.29, 1.82) is 0 Å². The molecular weight excluding hydrogens is 293 g/mol. The van der Waals surface area contributed by atoms with E-state index in [9.17, 15) is 4.39 Å². The van der Waals surface area contributed by atoms with Crippen molar-refractivity contribution in [3.8, 4) is 5.75 Å². The Morgan fingerprint density at radius 3 is 2.76 bits per heavy atom. The third-order valence-corrected chi connectivity index (χ3v) is 3.55. The highest BCUT2D eigenvalue weighted by molar-refractivity contribution is 6.30. The van der Waals surface area contributed by atoms with Gasteiger partial charge in [0, 0.05) is 23.6 Å². The summed E-state index contributed by atoms with van der Waals surface area (Å²) in [5, 5.41) is 1.04. The van der Waals surface area contributed by atoms with Crippen LogP contribution in [0, 0.1) is 5.82 Å². The molecule has 21 heavy (non-hydrogen) atoms. The van der Waals surface area contributed by atoms with Gasteiger partial charge in [0.1, 0.15) is 29.5 Å². The lowest BCUT2D eigenvalue weighted by atomic mass is 10.1. The minimum absolute atomic E-state index is 0.0636. The smallest absolute Gasteiger partial charge is 0.147 e. The molecule has 0 aliphatic rings. The zero-order valence-electron chi connectivity index (χ0n) is 11.1. The molecule has 0 atom stereocenters. The van der Waals surface area contributed by atoms with Crippen LogP contribution in [0.2, 0.25) is 5.02 Å². The predicted octanol–water partition coefficient (Wildman–Crippen LogP) is 4.26. The summed E-state index contributed by atoms with van der Waals surface area (Å²) in [5.41, 5.74) is 7.45. The molecule has 0 unspecified atom stereocenters. The maximum absolute atomic E-state index is 13.4. The molecule has 0 amide bonds. The summed E-state index contributed by atoms with van der Waals surface area (Å²) in [5.74, 6) is 0.521. The monoisotopic (exact) mass is 305 g/mol. The van der Waals surface area contributed by atoms with Crippen LogP contribution in [0.4, 0.5) is 4.39 Å². The fraction of sp³-hybridized carbons (Fsp3) is 0.125. The number of rotatable bonds is 4. The maximum atomic E-state index is 13.4. The van der Waals surface area contributed by atoms with Crippen LogP contribution in [0.5, 0.6) is 5.75 Å². The van der Waals surface area contributed by atoms with Crippen LogP contribution in [-0.4, -0.2) is 0 Å². The van der Waals surface area contributed by atoms with E-state index >= 15 is 0 Å². The third kappa shape index (κ3) is 2.73. The molecule has 1 aromatic heterocycles. The van der Waals surface area contributed by atoms with Crippen LogP contribution in [0.1, 0.15) is 11.3 Å². The highest BCUT2D eigenvalue weighted by atomic mass is 35.5. The first-order valence-corrected chi connectivity index (χ1v) is 6.84. The molecule has 0 saturated heterocycles. The molecular formula is C16H13ClFNO2. The standard InChI is InChI=1S/C16H13ClFNO2/c17-13-6-5-10(7-14(13)18)20-9-16-12(8-19)11-3-1-2-4-15(11)21-16/h1-7H,8-9,19H2. The van der Waals surface area contributed by atoms with Crippen LogP contribution in [0.25, 0.3) is 11.0 Å². The normalized spacial score (nSPS) is 11.0. The van der Waals surface area contributed by atoms with Gasteiger partial charge in [0.05, 0.1) is 5.02 Å². The molecule has 0 radical (unpaired) electrons. The van der Waals surface area contributed by atoms with Gasteiger partial charge in [-0.05, 0) is 18.2 Å². The molecule has 108 valence electrons. The Morgan fingerprint density at radius 1 is 1.19 bits per heavy atom. The molecule has 5 heteroatoms. The summed E-state index contributed by atoms with van der Waals surface area (Å²) in [6.45, 7) is 0.535. The van der Waals surface area contributed by atoms with E-state index in [1.165, 1.54) is 12.1 Å². The largest absolute Gasteiger partial charge is 0.486 e. The Labute approximate surface area is 126 Å². The number of furan rings is 1. The summed E-state index contributed by atoms with van der Waals surface area (Å²) < 4.78 is 24.7. The van der Waals surface area contributed by atoms with E-state index in [0.29, 0.717) is 18.1 Å². The van der Waals surface area contributed by atoms with Gasteiger partial charge >= 0.3 is 0 Å². The van der Waals surface area contributed by atoms with Crippen molar-refractivity contribution in [3.05, 3.63) is 64.6 Å². The van der Waals surface area contributed by atoms with Crippen molar-refractivity contribution in [1.82, 2.24) is 0 Å². The van der Waals surface area contributed by atoms with Crippen molar-refractivity contribution < 1.29 is 13.5 Å². The van der Waals surface area contributed by atoms with Gasteiger partial charge in [-0.2, -0.15) is 0 Å². The van der Waals surface area contributed by atoms with Crippen molar-refractivity contribution in [2.45, 2.75) is 13.2 Å². The van der Waals surface area contributed by atoms with Crippen molar-refractivity contribution >= 4 is 22.6 Å². The molecule has 0 spiro atoms. The molecule has 0 saturated carbocycles. The van der Waals surface area contributed by atoms with Crippen LogP contribution < -0.4 is 10.5 Å². The van der Waals surface area contributed by atoms with E-state index in [4.69, 9.17) is 26.5 Å². The van der Waals surface area contributed by atoms with Crippen LogP contribution in [0.3, 0.4) is 0 Å². The average Bonchev–Trinajstić information content (AvgIpc) is 2.86. The second-order valence-corrected chi connectivity index (χ2v) is 4.98. The zero-order chi connectivity index (χ0) is 14.8. The van der Waals surface area contributed by atoms with Gasteiger partial charge in [0.2, 0.25) is 0 Å². The number of nitrogens with two attached hydrogens (primary N) is 1. The molecule has 0 bridgehead atoms. The summed E-state index contributed by atoms with van der Waals surface area (Å²) in [6.07, 6.45) is 0. The first-order valence-electron chi connectivity index (χ1n) is 6.46. The first-order chi connectivity index (χ1) is 10.2. The van der Waals surface area contributed by atoms with Crippen molar-refractivity contribution in [2.24, 2.45) is 5.73 Å². The average molecular weight is 306 g/mol. The van der Waals surface area contributed by atoms with E-state index in [-0.39, 0.29) is 11.6 Å². The van der Waals surface area contributed by atoms with Crippen LogP contribution in [0.15, 0.2) is 46.9 Å². The van der Waals surface area contributed by atoms with Gasteiger partial charge in [-0.3, -0.25) is 0 Å². The van der Waals surface area contributed by atoms with Crippen molar-refractivity contribution in [2.75, 3.05) is 0 Å².